The molecule has 0 N–H and O–H groups in total. The number of para-hydroxylation sites is 1. The second-order valence-electron chi connectivity index (χ2n) is 22.6. The molecule has 328 valence electrons. The summed E-state index contributed by atoms with van der Waals surface area (Å²) in [6.07, 6.45) is 0. The Labute approximate surface area is 392 Å². The first-order valence-corrected chi connectivity index (χ1v) is 23.8. The third kappa shape index (κ3) is 6.13. The van der Waals surface area contributed by atoms with Crippen molar-refractivity contribution < 1.29 is 4.42 Å². The molecule has 2 aliphatic rings. The summed E-state index contributed by atoms with van der Waals surface area (Å²) in [6, 6.07) is 64.4. The van der Waals surface area contributed by atoms with Crippen molar-refractivity contribution in [1.29, 1.82) is 0 Å². The van der Waals surface area contributed by atoms with Gasteiger partial charge in [-0.3, -0.25) is 0 Å². The van der Waals surface area contributed by atoms with Gasteiger partial charge in [0, 0.05) is 22.1 Å². The van der Waals surface area contributed by atoms with Crippen molar-refractivity contribution in [3.63, 3.8) is 0 Å². The van der Waals surface area contributed by atoms with Gasteiger partial charge in [-0.15, -0.1) is 0 Å². The average molecular weight is 860 g/mol. The Morgan fingerprint density at radius 2 is 1.05 bits per heavy atom. The van der Waals surface area contributed by atoms with Crippen LogP contribution in [0, 0.1) is 0 Å². The van der Waals surface area contributed by atoms with Gasteiger partial charge in [0.1, 0.15) is 11.2 Å². The molecule has 1 unspecified atom stereocenters. The molecule has 0 radical (unpaired) electrons. The highest BCUT2D eigenvalue weighted by Crippen LogP contribution is 2.63. The highest BCUT2D eigenvalue weighted by atomic mass is 16.3. The Kier molecular flexibility index (Phi) is 9.19. The predicted molar refractivity (Wildman–Crippen MR) is 279 cm³/mol. The van der Waals surface area contributed by atoms with Crippen LogP contribution < -0.4 is 4.90 Å². The van der Waals surface area contributed by atoms with Crippen LogP contribution in [0.5, 0.6) is 0 Å². The van der Waals surface area contributed by atoms with Crippen LogP contribution >= 0.6 is 0 Å². The van der Waals surface area contributed by atoms with E-state index in [4.69, 9.17) is 4.42 Å². The molecule has 2 heteroatoms. The first-order valence-electron chi connectivity index (χ1n) is 23.8. The molecule has 1 atom stereocenters. The van der Waals surface area contributed by atoms with Gasteiger partial charge in [-0.05, 0) is 119 Å². The molecule has 8 aromatic carbocycles. The lowest BCUT2D eigenvalue weighted by atomic mass is 9.63. The fraction of sp³-hybridized carbons (Fsp3) is 0.250. The van der Waals surface area contributed by atoms with Gasteiger partial charge in [0.2, 0.25) is 0 Å². The zero-order valence-electron chi connectivity index (χ0n) is 40.5. The van der Waals surface area contributed by atoms with Crippen molar-refractivity contribution in [3.05, 3.63) is 220 Å². The third-order valence-corrected chi connectivity index (χ3v) is 15.0. The van der Waals surface area contributed by atoms with Crippen molar-refractivity contribution in [3.8, 4) is 22.3 Å². The molecule has 1 heterocycles. The van der Waals surface area contributed by atoms with Gasteiger partial charge >= 0.3 is 0 Å². The monoisotopic (exact) mass is 859 g/mol. The van der Waals surface area contributed by atoms with Crippen molar-refractivity contribution >= 4 is 39.0 Å². The summed E-state index contributed by atoms with van der Waals surface area (Å²) in [5.41, 5.74) is 21.2. The molecule has 9 aromatic rings. The second-order valence-corrected chi connectivity index (χ2v) is 22.6. The van der Waals surface area contributed by atoms with Crippen LogP contribution in [0.2, 0.25) is 0 Å². The minimum atomic E-state index is -0.626. The molecule has 66 heavy (non-hydrogen) atoms. The maximum Gasteiger partial charge on any atom is 0.137 e. The topological polar surface area (TPSA) is 16.4 Å². The van der Waals surface area contributed by atoms with E-state index in [1.807, 2.05) is 0 Å². The van der Waals surface area contributed by atoms with Gasteiger partial charge in [0.25, 0.3) is 0 Å². The molecule has 0 saturated heterocycles. The number of hydrogen-bond acceptors (Lipinski definition) is 2. The number of furan rings is 1. The lowest BCUT2D eigenvalue weighted by molar-refractivity contribution is 0.557. The van der Waals surface area contributed by atoms with Crippen molar-refractivity contribution in [2.45, 2.75) is 103 Å². The lowest BCUT2D eigenvalue weighted by Crippen LogP contribution is -2.32. The second kappa shape index (κ2) is 14.4. The van der Waals surface area contributed by atoms with E-state index in [9.17, 15) is 0 Å². The Balaban J connectivity index is 1.31. The van der Waals surface area contributed by atoms with Crippen LogP contribution in [-0.2, 0) is 27.1 Å². The smallest absolute Gasteiger partial charge is 0.137 e. The summed E-state index contributed by atoms with van der Waals surface area (Å²) in [4.78, 5) is 2.57. The predicted octanol–water partition coefficient (Wildman–Crippen LogP) is 17.6. The molecule has 1 aromatic heterocycles. The number of anilines is 3. The molecule has 0 saturated carbocycles. The zero-order chi connectivity index (χ0) is 46.1. The molecule has 0 aliphatic heterocycles. The number of rotatable bonds is 5. The zero-order valence-corrected chi connectivity index (χ0v) is 40.5. The van der Waals surface area contributed by atoms with Gasteiger partial charge in [-0.1, -0.05) is 210 Å². The molecule has 0 bridgehead atoms. The first-order chi connectivity index (χ1) is 31.4. The highest BCUT2D eigenvalue weighted by molar-refractivity contribution is 6.14. The van der Waals surface area contributed by atoms with Gasteiger partial charge in [-0.2, -0.15) is 0 Å². The van der Waals surface area contributed by atoms with E-state index in [1.54, 1.807) is 0 Å². The molecular weight excluding hydrogens is 799 g/mol. The maximum atomic E-state index is 6.68. The van der Waals surface area contributed by atoms with Crippen molar-refractivity contribution in [2.24, 2.45) is 0 Å². The van der Waals surface area contributed by atoms with Crippen LogP contribution in [0.4, 0.5) is 17.1 Å². The quantitative estimate of drug-likeness (QED) is 0.171. The summed E-state index contributed by atoms with van der Waals surface area (Å²) in [5, 5.41) is 2.22. The number of benzene rings is 8. The van der Waals surface area contributed by atoms with E-state index in [1.165, 1.54) is 72.3 Å². The summed E-state index contributed by atoms with van der Waals surface area (Å²) < 4.78 is 6.68. The number of hydrogen-bond donors (Lipinski definition) is 0. The van der Waals surface area contributed by atoms with Crippen molar-refractivity contribution in [2.75, 3.05) is 4.90 Å². The standard InChI is InChI=1S/C64H61NO/c1-60(2,3)40-31-33-42(34-32-40)64(41-21-13-12-14-22-41)50-26-19-27-53(57(50)48-37-43(61(4,5)6)38-52(59(48)64)62(7,8)9)65(54-28-20-30-56-58(54)47-24-16-18-29-55(47)66-56)44-35-36-46-45-23-15-17-25-49(45)63(10,11)51(46)39-44/h12-39H,1-11H3. The molecule has 11 rings (SSSR count). The number of fused-ring (bicyclic) bond motifs is 9. The molecule has 0 spiro atoms. The normalized spacial score (nSPS) is 16.3. The third-order valence-electron chi connectivity index (χ3n) is 15.0. The van der Waals surface area contributed by atoms with Crippen LogP contribution in [0.15, 0.2) is 174 Å². The Morgan fingerprint density at radius 1 is 0.439 bits per heavy atom. The van der Waals surface area contributed by atoms with E-state index in [0.29, 0.717) is 0 Å². The van der Waals surface area contributed by atoms with E-state index in [0.717, 1.165) is 39.0 Å². The van der Waals surface area contributed by atoms with E-state index < -0.39 is 5.41 Å². The summed E-state index contributed by atoms with van der Waals surface area (Å²) in [7, 11) is 0. The van der Waals surface area contributed by atoms with E-state index in [2.05, 4.69) is 251 Å². The van der Waals surface area contributed by atoms with Crippen molar-refractivity contribution in [1.82, 2.24) is 0 Å². The maximum absolute atomic E-state index is 6.68. The molecular formula is C64H61NO. The average Bonchev–Trinajstić information content (AvgIpc) is 3.90. The van der Waals surface area contributed by atoms with Crippen LogP contribution in [0.25, 0.3) is 44.2 Å². The van der Waals surface area contributed by atoms with E-state index in [-0.39, 0.29) is 21.7 Å². The Bertz CT molecular complexity index is 3380. The molecule has 0 amide bonds. The fourth-order valence-electron chi connectivity index (χ4n) is 11.6. The van der Waals surface area contributed by atoms with Crippen LogP contribution in [0.3, 0.4) is 0 Å². The molecule has 2 nitrogen and oxygen atoms in total. The van der Waals surface area contributed by atoms with Gasteiger partial charge < -0.3 is 9.32 Å². The van der Waals surface area contributed by atoms with E-state index >= 15 is 0 Å². The Hall–Kier alpha value is -6.64. The minimum Gasteiger partial charge on any atom is -0.456 e. The van der Waals surface area contributed by atoms with Gasteiger partial charge in [-0.25, -0.2) is 0 Å². The minimum absolute atomic E-state index is 0.0137. The summed E-state index contributed by atoms with van der Waals surface area (Å²) >= 11 is 0. The fourth-order valence-corrected chi connectivity index (χ4v) is 11.6. The SMILES string of the molecule is CC(C)(C)c1ccc(C2(c3ccccc3)c3cccc(N(c4ccc5c(c4)C(C)(C)c4ccccc4-5)c4cccc5oc6ccccc6c45)c3-c3cc(C(C)(C)C)cc(C(C)(C)C)c32)cc1. The molecule has 0 fully saturated rings. The molecule has 2 aliphatic carbocycles. The van der Waals surface area contributed by atoms with Gasteiger partial charge in [0.05, 0.1) is 22.2 Å². The van der Waals surface area contributed by atoms with Crippen LogP contribution in [-0.4, -0.2) is 0 Å². The first kappa shape index (κ1) is 42.0. The lowest BCUT2D eigenvalue weighted by Gasteiger charge is -2.39. The largest absolute Gasteiger partial charge is 0.456 e. The van der Waals surface area contributed by atoms with Gasteiger partial charge in [0.15, 0.2) is 0 Å². The van der Waals surface area contributed by atoms with Crippen LogP contribution in [0.1, 0.15) is 126 Å². The number of nitrogens with zero attached hydrogens (tertiary/aromatic N) is 1. The highest BCUT2D eigenvalue weighted by Gasteiger charge is 2.51. The Morgan fingerprint density at radius 3 is 1.77 bits per heavy atom. The summed E-state index contributed by atoms with van der Waals surface area (Å²) in [6.45, 7) is 26.0. The summed E-state index contributed by atoms with van der Waals surface area (Å²) in [5.74, 6) is 0.